The molecule has 0 heterocycles. The van der Waals surface area contributed by atoms with Crippen LogP contribution >= 0.6 is 11.6 Å². The molecule has 0 nitrogen and oxygen atoms in total. The zero-order valence-electron chi connectivity index (χ0n) is 4.24. The van der Waals surface area contributed by atoms with Gasteiger partial charge in [-0.15, -0.1) is 11.6 Å². The maximum Gasteiger partial charge on any atom is 0.0359 e. The molecule has 0 spiro atoms. The first-order chi connectivity index (χ1) is 2.64. The summed E-state index contributed by atoms with van der Waals surface area (Å²) in [7, 11) is 0. The molecule has 1 heteroatoms. The number of hydrogen-bond acceptors (Lipinski definition) is 0. The molecule has 0 rings (SSSR count). The van der Waals surface area contributed by atoms with Crippen LogP contribution in [0, 0.1) is 12.8 Å². The van der Waals surface area contributed by atoms with Gasteiger partial charge in [-0.1, -0.05) is 13.8 Å². The normalized spacial score (nSPS) is 15.5. The maximum absolute atomic E-state index is 5.50. The van der Waals surface area contributed by atoms with Crippen molar-refractivity contribution >= 4 is 11.6 Å². The van der Waals surface area contributed by atoms with E-state index in [1.54, 1.807) is 0 Å². The average molecular weight is 106 g/mol. The number of alkyl halides is 1. The molecule has 0 aliphatic carbocycles. The van der Waals surface area contributed by atoms with Crippen LogP contribution in [-0.4, -0.2) is 5.38 Å². The van der Waals surface area contributed by atoms with Crippen LogP contribution in [-0.2, 0) is 0 Å². The Morgan fingerprint density at radius 2 is 1.67 bits per heavy atom. The van der Waals surface area contributed by atoms with Crippen molar-refractivity contribution in [3.8, 4) is 0 Å². The van der Waals surface area contributed by atoms with Gasteiger partial charge in [0.05, 0.1) is 0 Å². The highest BCUT2D eigenvalue weighted by molar-refractivity contribution is 6.21. The first-order valence-electron chi connectivity index (χ1n) is 2.11. The Morgan fingerprint density at radius 1 is 1.50 bits per heavy atom. The van der Waals surface area contributed by atoms with Crippen molar-refractivity contribution in [2.24, 2.45) is 5.92 Å². The van der Waals surface area contributed by atoms with Crippen molar-refractivity contribution in [1.29, 1.82) is 0 Å². The van der Waals surface area contributed by atoms with E-state index in [4.69, 9.17) is 11.6 Å². The first kappa shape index (κ1) is 6.29. The largest absolute Gasteiger partial charge is 0.123 e. The van der Waals surface area contributed by atoms with Crippen molar-refractivity contribution in [2.45, 2.75) is 19.2 Å². The molecule has 0 saturated heterocycles. The van der Waals surface area contributed by atoms with Gasteiger partial charge in [0.1, 0.15) is 0 Å². The lowest BCUT2D eigenvalue weighted by Gasteiger charge is -2.02. The number of rotatable bonds is 1. The standard InChI is InChI=1S/C5H10Cl/c1-4(2)5(3)6/h4-5H,3H2,1-2H3/t5-/m0/s1. The van der Waals surface area contributed by atoms with Crippen LogP contribution in [0.15, 0.2) is 0 Å². The Hall–Kier alpha value is 0.290. The third kappa shape index (κ3) is 2.52. The van der Waals surface area contributed by atoms with Crippen LogP contribution in [0.3, 0.4) is 0 Å². The molecule has 0 unspecified atom stereocenters. The van der Waals surface area contributed by atoms with Crippen molar-refractivity contribution in [3.63, 3.8) is 0 Å². The predicted molar refractivity (Wildman–Crippen MR) is 29.8 cm³/mol. The van der Waals surface area contributed by atoms with Crippen LogP contribution in [0.5, 0.6) is 0 Å². The van der Waals surface area contributed by atoms with Crippen LogP contribution in [0.2, 0.25) is 0 Å². The van der Waals surface area contributed by atoms with Gasteiger partial charge in [-0.25, -0.2) is 0 Å². The molecule has 0 amide bonds. The lowest BCUT2D eigenvalue weighted by atomic mass is 10.2. The summed E-state index contributed by atoms with van der Waals surface area (Å²) in [5.74, 6) is 0.506. The lowest BCUT2D eigenvalue weighted by Crippen LogP contribution is -2.00. The fourth-order valence-corrected chi connectivity index (χ4v) is 0. The molecule has 0 aromatic rings. The summed E-state index contributed by atoms with van der Waals surface area (Å²) < 4.78 is 0. The summed E-state index contributed by atoms with van der Waals surface area (Å²) >= 11 is 5.50. The van der Waals surface area contributed by atoms with E-state index in [1.807, 2.05) is 13.8 Å². The molecule has 0 aromatic carbocycles. The zero-order chi connectivity index (χ0) is 5.15. The summed E-state index contributed by atoms with van der Waals surface area (Å²) in [5, 5.41) is 0.0741. The van der Waals surface area contributed by atoms with Gasteiger partial charge in [0.15, 0.2) is 0 Å². The van der Waals surface area contributed by atoms with Crippen LogP contribution in [0.25, 0.3) is 0 Å². The summed E-state index contributed by atoms with van der Waals surface area (Å²) in [6, 6.07) is 0. The van der Waals surface area contributed by atoms with Crippen LogP contribution in [0.1, 0.15) is 13.8 Å². The Kier molecular flexibility index (Phi) is 2.58. The zero-order valence-corrected chi connectivity index (χ0v) is 5.00. The third-order valence-corrected chi connectivity index (χ3v) is 1.23. The monoisotopic (exact) mass is 105 g/mol. The van der Waals surface area contributed by atoms with Gasteiger partial charge in [0.2, 0.25) is 0 Å². The number of hydrogen-bond donors (Lipinski definition) is 0. The minimum Gasteiger partial charge on any atom is -0.123 e. The van der Waals surface area contributed by atoms with Crippen molar-refractivity contribution in [3.05, 3.63) is 6.92 Å². The fourth-order valence-electron chi connectivity index (χ4n) is 0. The van der Waals surface area contributed by atoms with E-state index in [-0.39, 0.29) is 5.38 Å². The molecular formula is C5H10Cl. The summed E-state index contributed by atoms with van der Waals surface area (Å²) in [6.07, 6.45) is 0. The molecule has 1 atom stereocenters. The molecule has 0 N–H and O–H groups in total. The van der Waals surface area contributed by atoms with E-state index in [1.165, 1.54) is 0 Å². The number of halogens is 1. The topological polar surface area (TPSA) is 0 Å². The summed E-state index contributed by atoms with van der Waals surface area (Å²) in [5.41, 5.74) is 0. The first-order valence-corrected chi connectivity index (χ1v) is 2.55. The Labute approximate surface area is 44.5 Å². The molecule has 6 heavy (non-hydrogen) atoms. The quantitative estimate of drug-likeness (QED) is 0.448. The Morgan fingerprint density at radius 3 is 1.67 bits per heavy atom. The second-order valence-electron chi connectivity index (χ2n) is 1.76. The molecule has 0 fully saturated rings. The molecule has 0 aliphatic rings. The van der Waals surface area contributed by atoms with E-state index < -0.39 is 0 Å². The second-order valence-corrected chi connectivity index (χ2v) is 2.32. The smallest absolute Gasteiger partial charge is 0.0359 e. The van der Waals surface area contributed by atoms with Crippen molar-refractivity contribution in [2.75, 3.05) is 0 Å². The Bertz CT molecular complexity index is 24.9. The van der Waals surface area contributed by atoms with E-state index in [0.29, 0.717) is 5.92 Å². The van der Waals surface area contributed by atoms with Gasteiger partial charge in [-0.2, -0.15) is 0 Å². The lowest BCUT2D eigenvalue weighted by molar-refractivity contribution is 0.669. The van der Waals surface area contributed by atoms with Gasteiger partial charge in [-0.05, 0) is 12.8 Å². The van der Waals surface area contributed by atoms with Gasteiger partial charge in [-0.3, -0.25) is 0 Å². The van der Waals surface area contributed by atoms with Gasteiger partial charge >= 0.3 is 0 Å². The maximum atomic E-state index is 5.50. The highest BCUT2D eigenvalue weighted by Gasteiger charge is 1.98. The highest BCUT2D eigenvalue weighted by atomic mass is 35.5. The molecule has 0 bridgehead atoms. The predicted octanol–water partition coefficient (Wildman–Crippen LogP) is 2.08. The highest BCUT2D eigenvalue weighted by Crippen LogP contribution is 2.05. The summed E-state index contributed by atoms with van der Waals surface area (Å²) in [4.78, 5) is 0. The molecule has 0 aromatic heterocycles. The molecule has 1 radical (unpaired) electrons. The molecular weight excluding hydrogens is 95.5 g/mol. The molecule has 0 aliphatic heterocycles. The minimum atomic E-state index is 0.0741. The summed E-state index contributed by atoms with van der Waals surface area (Å²) in [6.45, 7) is 7.70. The van der Waals surface area contributed by atoms with E-state index in [0.717, 1.165) is 0 Å². The molecule has 0 saturated carbocycles. The second kappa shape index (κ2) is 2.46. The molecule has 37 valence electrons. The Balaban J connectivity index is 2.99. The third-order valence-electron chi connectivity index (χ3n) is 0.723. The van der Waals surface area contributed by atoms with E-state index in [2.05, 4.69) is 6.92 Å². The van der Waals surface area contributed by atoms with E-state index in [9.17, 15) is 0 Å². The van der Waals surface area contributed by atoms with Gasteiger partial charge in [0, 0.05) is 5.38 Å². The van der Waals surface area contributed by atoms with Crippen molar-refractivity contribution < 1.29 is 0 Å². The van der Waals surface area contributed by atoms with Crippen molar-refractivity contribution in [1.82, 2.24) is 0 Å². The average Bonchev–Trinajstić information content (AvgIpc) is 1.36. The fraction of sp³-hybridized carbons (Fsp3) is 0.800. The van der Waals surface area contributed by atoms with Gasteiger partial charge < -0.3 is 0 Å². The van der Waals surface area contributed by atoms with Crippen LogP contribution in [0.4, 0.5) is 0 Å². The van der Waals surface area contributed by atoms with E-state index >= 15 is 0 Å². The van der Waals surface area contributed by atoms with Crippen LogP contribution < -0.4 is 0 Å². The minimum absolute atomic E-state index is 0.0741. The SMILES string of the molecule is [CH2][C@H](Cl)C(C)C. The van der Waals surface area contributed by atoms with Gasteiger partial charge in [0.25, 0.3) is 0 Å².